The monoisotopic (exact) mass is 390 g/mol. The molecule has 2 aromatic carbocycles. The highest BCUT2D eigenvalue weighted by molar-refractivity contribution is 6.33. The van der Waals surface area contributed by atoms with Gasteiger partial charge in [-0.15, -0.1) is 0 Å². The smallest absolute Gasteiger partial charge is 0.252 e. The van der Waals surface area contributed by atoms with Crippen molar-refractivity contribution in [3.63, 3.8) is 0 Å². The molecule has 0 radical (unpaired) electrons. The Balaban J connectivity index is 1.41. The first-order valence-corrected chi connectivity index (χ1v) is 9.09. The van der Waals surface area contributed by atoms with Crippen molar-refractivity contribution in [2.24, 2.45) is 5.92 Å². The van der Waals surface area contributed by atoms with Gasteiger partial charge in [0.2, 0.25) is 0 Å². The van der Waals surface area contributed by atoms with Gasteiger partial charge in [0.15, 0.2) is 0 Å². The first kappa shape index (κ1) is 19.3. The maximum Gasteiger partial charge on any atom is 0.252 e. The number of hydrogen-bond acceptors (Lipinski definition) is 3. The zero-order valence-electron chi connectivity index (χ0n) is 14.6. The van der Waals surface area contributed by atoms with Gasteiger partial charge in [-0.2, -0.15) is 0 Å². The van der Waals surface area contributed by atoms with Crippen molar-refractivity contribution in [1.82, 2.24) is 10.6 Å². The number of nitrogens with one attached hydrogen (secondary N) is 2. The second-order valence-corrected chi connectivity index (χ2v) is 6.87. The minimum Gasteiger partial charge on any atom is -0.376 e. The molecule has 0 aliphatic carbocycles. The van der Waals surface area contributed by atoms with Crippen LogP contribution >= 0.6 is 11.6 Å². The largest absolute Gasteiger partial charge is 0.376 e. The quantitative estimate of drug-likeness (QED) is 0.796. The number of carbonyl (C=O) groups is 2. The van der Waals surface area contributed by atoms with Gasteiger partial charge >= 0.3 is 0 Å². The lowest BCUT2D eigenvalue weighted by Gasteiger charge is -2.12. The van der Waals surface area contributed by atoms with E-state index in [1.165, 1.54) is 24.3 Å². The van der Waals surface area contributed by atoms with Crippen LogP contribution in [0.1, 0.15) is 27.1 Å². The molecule has 0 saturated carbocycles. The van der Waals surface area contributed by atoms with E-state index in [0.29, 0.717) is 35.8 Å². The van der Waals surface area contributed by atoms with E-state index in [4.69, 9.17) is 16.3 Å². The number of amides is 2. The lowest BCUT2D eigenvalue weighted by molar-refractivity contribution is 0.0843. The molecule has 1 fully saturated rings. The van der Waals surface area contributed by atoms with Gasteiger partial charge in [-0.05, 0) is 42.8 Å². The Morgan fingerprint density at radius 2 is 1.74 bits per heavy atom. The van der Waals surface area contributed by atoms with Crippen molar-refractivity contribution < 1.29 is 18.7 Å². The molecule has 1 aliphatic heterocycles. The number of halogens is 2. The van der Waals surface area contributed by atoms with E-state index in [1.807, 2.05) is 0 Å². The molecule has 2 unspecified atom stereocenters. The highest BCUT2D eigenvalue weighted by Gasteiger charge is 2.26. The Morgan fingerprint density at radius 3 is 2.48 bits per heavy atom. The Labute approximate surface area is 161 Å². The summed E-state index contributed by atoms with van der Waals surface area (Å²) in [6, 6.07) is 12.3. The molecule has 7 heteroatoms. The normalized spacial score (nSPS) is 18.9. The maximum atomic E-state index is 12.9. The predicted octanol–water partition coefficient (Wildman–Crippen LogP) is 3.04. The lowest BCUT2D eigenvalue weighted by Crippen LogP contribution is -2.32. The topological polar surface area (TPSA) is 67.4 Å². The van der Waals surface area contributed by atoms with E-state index in [2.05, 4.69) is 10.6 Å². The van der Waals surface area contributed by atoms with Crippen LogP contribution in [0.15, 0.2) is 48.5 Å². The zero-order valence-corrected chi connectivity index (χ0v) is 15.3. The van der Waals surface area contributed by atoms with Gasteiger partial charge in [0.1, 0.15) is 5.82 Å². The average Bonchev–Trinajstić information content (AvgIpc) is 3.13. The molecule has 1 aliphatic rings. The number of hydrogen-bond donors (Lipinski definition) is 2. The van der Waals surface area contributed by atoms with Crippen LogP contribution in [0.25, 0.3) is 0 Å². The van der Waals surface area contributed by atoms with Gasteiger partial charge in [0.05, 0.1) is 23.3 Å². The van der Waals surface area contributed by atoms with Crippen molar-refractivity contribution >= 4 is 23.4 Å². The summed E-state index contributed by atoms with van der Waals surface area (Å²) >= 11 is 6.01. The van der Waals surface area contributed by atoms with Crippen molar-refractivity contribution in [2.75, 3.05) is 19.7 Å². The Bertz CT molecular complexity index is 813. The third kappa shape index (κ3) is 5.28. The van der Waals surface area contributed by atoms with Crippen molar-refractivity contribution in [3.8, 4) is 0 Å². The van der Waals surface area contributed by atoms with Crippen LogP contribution in [0.5, 0.6) is 0 Å². The third-order valence-electron chi connectivity index (χ3n) is 4.43. The standard InChI is InChI=1S/C20H20ClFN2O3/c21-18-4-2-1-3-17(18)20(26)24-11-16-9-13(12-27-16)10-23-19(25)14-5-7-15(22)8-6-14/h1-8,13,16H,9-12H2,(H,23,25)(H,24,26). The van der Waals surface area contributed by atoms with Crippen molar-refractivity contribution in [3.05, 3.63) is 70.5 Å². The summed E-state index contributed by atoms with van der Waals surface area (Å²) in [7, 11) is 0. The van der Waals surface area contributed by atoms with Crippen LogP contribution in [-0.2, 0) is 4.74 Å². The molecular weight excluding hydrogens is 371 g/mol. The van der Waals surface area contributed by atoms with Gasteiger partial charge in [-0.1, -0.05) is 23.7 Å². The predicted molar refractivity (Wildman–Crippen MR) is 100 cm³/mol. The average molecular weight is 391 g/mol. The maximum absolute atomic E-state index is 12.9. The van der Waals surface area contributed by atoms with Gasteiger partial charge in [0, 0.05) is 24.6 Å². The van der Waals surface area contributed by atoms with Crippen LogP contribution in [0.4, 0.5) is 4.39 Å². The summed E-state index contributed by atoms with van der Waals surface area (Å²) in [6.07, 6.45) is 0.621. The molecule has 142 valence electrons. The highest BCUT2D eigenvalue weighted by atomic mass is 35.5. The minimum atomic E-state index is -0.377. The number of rotatable bonds is 6. The molecule has 0 spiro atoms. The summed E-state index contributed by atoms with van der Waals surface area (Å²) in [5, 5.41) is 6.07. The summed E-state index contributed by atoms with van der Waals surface area (Å²) in [6.45, 7) is 1.36. The molecule has 2 atom stereocenters. The fourth-order valence-corrected chi connectivity index (χ4v) is 3.17. The molecule has 5 nitrogen and oxygen atoms in total. The second kappa shape index (κ2) is 8.97. The van der Waals surface area contributed by atoms with Crippen molar-refractivity contribution in [1.29, 1.82) is 0 Å². The number of ether oxygens (including phenoxy) is 1. The van der Waals surface area contributed by atoms with Gasteiger partial charge in [0.25, 0.3) is 11.8 Å². The van der Waals surface area contributed by atoms with Crippen LogP contribution in [0, 0.1) is 11.7 Å². The zero-order chi connectivity index (χ0) is 19.2. The molecule has 0 aromatic heterocycles. The number of benzene rings is 2. The highest BCUT2D eigenvalue weighted by Crippen LogP contribution is 2.19. The molecule has 2 N–H and O–H groups in total. The molecule has 2 aromatic rings. The van der Waals surface area contributed by atoms with Crippen LogP contribution in [0.2, 0.25) is 5.02 Å². The lowest BCUT2D eigenvalue weighted by atomic mass is 10.1. The SMILES string of the molecule is O=C(NCC1COC(CNC(=O)c2ccccc2Cl)C1)c1ccc(F)cc1. The molecule has 1 heterocycles. The fraction of sp³-hybridized carbons (Fsp3) is 0.300. The van der Waals surface area contributed by atoms with Crippen LogP contribution in [-0.4, -0.2) is 37.6 Å². The molecule has 3 rings (SSSR count). The first-order valence-electron chi connectivity index (χ1n) is 8.71. The van der Waals surface area contributed by atoms with Crippen LogP contribution < -0.4 is 10.6 Å². The summed E-state index contributed by atoms with van der Waals surface area (Å²) in [5.74, 6) is -0.697. The van der Waals surface area contributed by atoms with E-state index in [9.17, 15) is 14.0 Å². The molecular formula is C20H20ClFN2O3. The third-order valence-corrected chi connectivity index (χ3v) is 4.76. The van der Waals surface area contributed by atoms with E-state index in [-0.39, 0.29) is 29.7 Å². The molecule has 0 bridgehead atoms. The molecule has 2 amide bonds. The minimum absolute atomic E-state index is 0.107. The Morgan fingerprint density at radius 1 is 1.04 bits per heavy atom. The second-order valence-electron chi connectivity index (χ2n) is 6.46. The summed E-state index contributed by atoms with van der Waals surface area (Å²) < 4.78 is 18.6. The Kier molecular flexibility index (Phi) is 6.42. The summed E-state index contributed by atoms with van der Waals surface area (Å²) in [5.41, 5.74) is 0.846. The molecule has 27 heavy (non-hydrogen) atoms. The molecule has 1 saturated heterocycles. The van der Waals surface area contributed by atoms with E-state index < -0.39 is 0 Å². The van der Waals surface area contributed by atoms with Gasteiger partial charge in [-0.25, -0.2) is 4.39 Å². The van der Waals surface area contributed by atoms with Gasteiger partial charge < -0.3 is 15.4 Å². The van der Waals surface area contributed by atoms with Gasteiger partial charge in [-0.3, -0.25) is 9.59 Å². The Hall–Kier alpha value is -2.44. The van der Waals surface area contributed by atoms with E-state index >= 15 is 0 Å². The van der Waals surface area contributed by atoms with E-state index in [1.54, 1.807) is 24.3 Å². The first-order chi connectivity index (χ1) is 13.0. The number of carbonyl (C=O) groups excluding carboxylic acids is 2. The van der Waals surface area contributed by atoms with Crippen molar-refractivity contribution in [2.45, 2.75) is 12.5 Å². The fourth-order valence-electron chi connectivity index (χ4n) is 2.95. The van der Waals surface area contributed by atoms with E-state index in [0.717, 1.165) is 6.42 Å². The summed E-state index contributed by atoms with van der Waals surface area (Å²) in [4.78, 5) is 24.2. The van der Waals surface area contributed by atoms with Crippen LogP contribution in [0.3, 0.4) is 0 Å².